The van der Waals surface area contributed by atoms with Gasteiger partial charge in [-0.3, -0.25) is 9.69 Å². The van der Waals surface area contributed by atoms with Gasteiger partial charge < -0.3 is 20.7 Å². The number of hydrogen-bond acceptors (Lipinski definition) is 8. The lowest BCUT2D eigenvalue weighted by molar-refractivity contribution is -0.116. The lowest BCUT2D eigenvalue weighted by Crippen LogP contribution is -2.49. The number of methoxy groups -OCH3 is 1. The van der Waals surface area contributed by atoms with Crippen molar-refractivity contribution < 1.29 is 9.53 Å². The maximum Gasteiger partial charge on any atom is 0.224 e. The number of aromatic nitrogens is 4. The Morgan fingerprint density at radius 3 is 2.48 bits per heavy atom. The molecule has 1 aliphatic carbocycles. The summed E-state index contributed by atoms with van der Waals surface area (Å²) < 4.78 is 7.76. The molecular formula is C32H40N8O2. The van der Waals surface area contributed by atoms with Crippen molar-refractivity contribution in [3.8, 4) is 17.0 Å². The third-order valence-electron chi connectivity index (χ3n) is 8.82. The van der Waals surface area contributed by atoms with E-state index in [1.807, 2.05) is 48.5 Å². The molecule has 0 radical (unpaired) electrons. The molecule has 220 valence electrons. The Hall–Kier alpha value is -4.02. The normalized spacial score (nSPS) is 20.0. The first kappa shape index (κ1) is 28.1. The molecule has 0 atom stereocenters. The van der Waals surface area contributed by atoms with E-state index < -0.39 is 0 Å². The average molecular weight is 569 g/mol. The summed E-state index contributed by atoms with van der Waals surface area (Å²) in [4.78, 5) is 26.7. The molecule has 1 saturated heterocycles. The van der Waals surface area contributed by atoms with Gasteiger partial charge in [0.05, 0.1) is 24.2 Å². The summed E-state index contributed by atoms with van der Waals surface area (Å²) in [7, 11) is 3.81. The highest BCUT2D eigenvalue weighted by atomic mass is 16.5. The number of nitrogens with zero attached hydrogens (tertiary/aromatic N) is 6. The zero-order chi connectivity index (χ0) is 29.1. The number of benzene rings is 2. The number of likely N-dealkylation sites (N-methyl/N-ethyl adjacent to an activating group) is 1. The van der Waals surface area contributed by atoms with Crippen molar-refractivity contribution >= 4 is 28.4 Å². The summed E-state index contributed by atoms with van der Waals surface area (Å²) in [5, 5.41) is 8.85. The van der Waals surface area contributed by atoms with Gasteiger partial charge in [-0.25, -0.2) is 14.6 Å². The van der Waals surface area contributed by atoms with Crippen molar-refractivity contribution in [2.24, 2.45) is 0 Å². The molecule has 3 heterocycles. The average Bonchev–Trinajstić information content (AvgIpc) is 3.42. The Kier molecular flexibility index (Phi) is 8.34. The van der Waals surface area contributed by atoms with Crippen molar-refractivity contribution in [3.63, 3.8) is 0 Å². The summed E-state index contributed by atoms with van der Waals surface area (Å²) in [6.45, 7) is 4.58. The van der Waals surface area contributed by atoms with Crippen molar-refractivity contribution in [3.05, 3.63) is 60.4 Å². The first-order chi connectivity index (χ1) is 20.5. The second kappa shape index (κ2) is 12.5. The number of amides is 1. The van der Waals surface area contributed by atoms with Crippen LogP contribution >= 0.6 is 0 Å². The number of nitrogens with one attached hydrogen (secondary N) is 1. The van der Waals surface area contributed by atoms with Gasteiger partial charge in [0.15, 0.2) is 5.65 Å². The predicted octanol–water partition coefficient (Wildman–Crippen LogP) is 4.39. The fourth-order valence-electron chi connectivity index (χ4n) is 6.36. The lowest BCUT2D eigenvalue weighted by Gasteiger charge is -2.41. The molecule has 4 aromatic rings. The molecule has 42 heavy (non-hydrogen) atoms. The van der Waals surface area contributed by atoms with E-state index in [1.54, 1.807) is 7.11 Å². The maximum atomic E-state index is 12.7. The highest BCUT2D eigenvalue weighted by molar-refractivity contribution is 5.99. The van der Waals surface area contributed by atoms with Crippen LogP contribution in [0.1, 0.15) is 43.7 Å². The number of nitrogens with two attached hydrogens (primary N) is 1. The summed E-state index contributed by atoms with van der Waals surface area (Å²) in [6.07, 6.45) is 6.98. The number of carbonyl (C=O) groups excluding carboxylic acids is 1. The number of ether oxygens (including phenoxy) is 1. The summed E-state index contributed by atoms with van der Waals surface area (Å²) >= 11 is 0. The van der Waals surface area contributed by atoms with Crippen LogP contribution in [0.5, 0.6) is 5.75 Å². The second-order valence-electron chi connectivity index (χ2n) is 11.5. The molecule has 6 rings (SSSR count). The molecule has 10 nitrogen and oxygen atoms in total. The van der Waals surface area contributed by atoms with Crippen molar-refractivity contribution in [1.29, 1.82) is 0 Å². The van der Waals surface area contributed by atoms with Crippen LogP contribution in [0.2, 0.25) is 0 Å². The molecule has 1 amide bonds. The van der Waals surface area contributed by atoms with E-state index in [2.05, 4.69) is 36.8 Å². The van der Waals surface area contributed by atoms with Crippen LogP contribution in [0.25, 0.3) is 22.3 Å². The third kappa shape index (κ3) is 5.96. The third-order valence-corrected chi connectivity index (χ3v) is 8.82. The van der Waals surface area contributed by atoms with E-state index in [0.29, 0.717) is 36.1 Å². The molecule has 0 bridgehead atoms. The van der Waals surface area contributed by atoms with Crippen LogP contribution in [0.15, 0.2) is 54.9 Å². The van der Waals surface area contributed by atoms with Gasteiger partial charge in [0.25, 0.3) is 0 Å². The number of anilines is 2. The second-order valence-corrected chi connectivity index (χ2v) is 11.5. The zero-order valence-corrected chi connectivity index (χ0v) is 24.5. The Balaban J connectivity index is 1.21. The number of rotatable bonds is 8. The molecule has 2 fully saturated rings. The molecular weight excluding hydrogens is 528 g/mol. The van der Waals surface area contributed by atoms with E-state index in [-0.39, 0.29) is 11.9 Å². The minimum atomic E-state index is -0.0653. The first-order valence-electron chi connectivity index (χ1n) is 14.9. The number of piperazine rings is 1. The van der Waals surface area contributed by atoms with Gasteiger partial charge in [-0.15, -0.1) is 0 Å². The van der Waals surface area contributed by atoms with Crippen LogP contribution in [0.3, 0.4) is 0 Å². The minimum absolute atomic E-state index is 0.0653. The SMILES string of the molecule is COc1cc(-c2nn(C3CCC(N4CCN(C)CC4)CC3)c3ncnc(N)c23)ccc1NC(=O)CCc1ccccc1. The van der Waals surface area contributed by atoms with Crippen LogP contribution in [-0.2, 0) is 11.2 Å². The number of aryl methyl sites for hydroxylation is 1. The minimum Gasteiger partial charge on any atom is -0.495 e. The highest BCUT2D eigenvalue weighted by Crippen LogP contribution is 2.39. The van der Waals surface area contributed by atoms with E-state index in [0.717, 1.165) is 79.7 Å². The van der Waals surface area contributed by atoms with Crippen molar-refractivity contribution in [2.45, 2.75) is 50.6 Å². The molecule has 0 spiro atoms. The maximum absolute atomic E-state index is 12.7. The molecule has 2 aromatic carbocycles. The van der Waals surface area contributed by atoms with E-state index in [9.17, 15) is 4.79 Å². The monoisotopic (exact) mass is 568 g/mol. The summed E-state index contributed by atoms with van der Waals surface area (Å²) in [6, 6.07) is 16.6. The van der Waals surface area contributed by atoms with Crippen molar-refractivity contribution in [1.82, 2.24) is 29.5 Å². The fraction of sp³-hybridized carbons (Fsp3) is 0.438. The van der Waals surface area contributed by atoms with E-state index >= 15 is 0 Å². The van der Waals surface area contributed by atoms with Gasteiger partial charge in [-0.1, -0.05) is 36.4 Å². The molecule has 1 aliphatic heterocycles. The molecule has 10 heteroatoms. The van der Waals surface area contributed by atoms with Gasteiger partial charge in [0.2, 0.25) is 5.91 Å². The van der Waals surface area contributed by atoms with Gasteiger partial charge in [0.1, 0.15) is 23.6 Å². The van der Waals surface area contributed by atoms with E-state index in [1.165, 1.54) is 6.33 Å². The zero-order valence-electron chi connectivity index (χ0n) is 24.5. The number of nitrogen functional groups attached to an aromatic ring is 1. The Bertz CT molecular complexity index is 1520. The van der Waals surface area contributed by atoms with Gasteiger partial charge in [-0.2, -0.15) is 5.10 Å². The Morgan fingerprint density at radius 2 is 1.74 bits per heavy atom. The molecule has 2 aromatic heterocycles. The Morgan fingerprint density at radius 1 is 1.00 bits per heavy atom. The summed E-state index contributed by atoms with van der Waals surface area (Å²) in [5.41, 5.74) is 10.5. The summed E-state index contributed by atoms with van der Waals surface area (Å²) in [5.74, 6) is 0.903. The van der Waals surface area contributed by atoms with Gasteiger partial charge in [-0.05, 0) is 56.8 Å². The molecule has 2 aliphatic rings. The van der Waals surface area contributed by atoms with E-state index in [4.69, 9.17) is 15.6 Å². The molecule has 1 saturated carbocycles. The smallest absolute Gasteiger partial charge is 0.224 e. The van der Waals surface area contributed by atoms with Crippen LogP contribution in [0.4, 0.5) is 11.5 Å². The predicted molar refractivity (Wildman–Crippen MR) is 165 cm³/mol. The first-order valence-corrected chi connectivity index (χ1v) is 14.9. The van der Waals surface area contributed by atoms with Crippen molar-refractivity contribution in [2.75, 3.05) is 51.4 Å². The topological polar surface area (TPSA) is 114 Å². The van der Waals surface area contributed by atoms with Crippen LogP contribution < -0.4 is 15.8 Å². The lowest BCUT2D eigenvalue weighted by atomic mass is 9.90. The fourth-order valence-corrected chi connectivity index (χ4v) is 6.36. The highest BCUT2D eigenvalue weighted by Gasteiger charge is 2.30. The van der Waals surface area contributed by atoms with Gasteiger partial charge in [0, 0.05) is 44.2 Å². The number of hydrogen-bond donors (Lipinski definition) is 2. The van der Waals surface area contributed by atoms with Crippen LogP contribution in [0, 0.1) is 0 Å². The number of carbonyl (C=O) groups is 1. The molecule has 3 N–H and O–H groups in total. The van der Waals surface area contributed by atoms with Crippen LogP contribution in [-0.4, -0.2) is 81.8 Å². The quantitative estimate of drug-likeness (QED) is 0.322. The Labute approximate surface area is 246 Å². The largest absolute Gasteiger partial charge is 0.495 e. The van der Waals surface area contributed by atoms with Gasteiger partial charge >= 0.3 is 0 Å². The molecule has 0 unspecified atom stereocenters. The number of fused-ring (bicyclic) bond motifs is 1. The standard InChI is InChI=1S/C32H40N8O2/c1-38-16-18-39(19-17-38)24-10-12-25(13-11-24)40-32-29(31(33)34-21-35-32)30(37-40)23-9-14-26(27(20-23)42-2)36-28(41)15-8-22-6-4-3-5-7-22/h3-7,9,14,20-21,24-25H,8,10-13,15-19H2,1-2H3,(H,36,41)(H2,33,34,35).